The Bertz CT molecular complexity index is 618. The predicted octanol–water partition coefficient (Wildman–Crippen LogP) is 2.02. The van der Waals surface area contributed by atoms with Gasteiger partial charge in [0.15, 0.2) is 0 Å². The average Bonchev–Trinajstić information content (AvgIpc) is 2.97. The molecule has 1 heterocycles. The maximum atomic E-state index is 14.1. The van der Waals surface area contributed by atoms with Crippen LogP contribution in [0.15, 0.2) is 12.1 Å². The molecular formula is C16H20FN3O2. The zero-order chi connectivity index (χ0) is 15.7. The van der Waals surface area contributed by atoms with Gasteiger partial charge in [0.1, 0.15) is 5.82 Å². The number of benzene rings is 1. The largest absolute Gasteiger partial charge is 0.330 e. The highest BCUT2D eigenvalue weighted by molar-refractivity contribution is 5.97. The molecule has 0 saturated heterocycles. The number of hydrogen-bond donors (Lipinski definition) is 3. The fourth-order valence-corrected chi connectivity index (χ4v) is 3.38. The number of aryl methyl sites for hydroxylation is 1. The molecule has 22 heavy (non-hydrogen) atoms. The lowest BCUT2D eigenvalue weighted by atomic mass is 9.95. The van der Waals surface area contributed by atoms with Gasteiger partial charge in [0.25, 0.3) is 0 Å². The van der Waals surface area contributed by atoms with E-state index in [2.05, 4.69) is 10.6 Å². The Morgan fingerprint density at radius 3 is 2.95 bits per heavy atom. The molecule has 1 saturated carbocycles. The van der Waals surface area contributed by atoms with Gasteiger partial charge in [-0.1, -0.05) is 6.42 Å². The Kier molecular flexibility index (Phi) is 4.11. The number of rotatable bonds is 3. The highest BCUT2D eigenvalue weighted by Gasteiger charge is 2.32. The summed E-state index contributed by atoms with van der Waals surface area (Å²) < 4.78 is 14.1. The first-order valence-electron chi connectivity index (χ1n) is 7.71. The van der Waals surface area contributed by atoms with Crippen LogP contribution >= 0.6 is 0 Å². The van der Waals surface area contributed by atoms with Crippen LogP contribution in [0.25, 0.3) is 0 Å². The van der Waals surface area contributed by atoms with Crippen molar-refractivity contribution in [2.24, 2.45) is 17.6 Å². The van der Waals surface area contributed by atoms with Gasteiger partial charge in [-0.2, -0.15) is 0 Å². The summed E-state index contributed by atoms with van der Waals surface area (Å²) in [4.78, 5) is 23.8. The third-order valence-corrected chi connectivity index (χ3v) is 4.64. The van der Waals surface area contributed by atoms with E-state index in [0.717, 1.165) is 24.8 Å². The fourth-order valence-electron chi connectivity index (χ4n) is 3.38. The van der Waals surface area contributed by atoms with Crippen LogP contribution in [0.4, 0.5) is 15.8 Å². The summed E-state index contributed by atoms with van der Waals surface area (Å²) >= 11 is 0. The fraction of sp³-hybridized carbons (Fsp3) is 0.500. The van der Waals surface area contributed by atoms with E-state index in [9.17, 15) is 14.0 Å². The monoisotopic (exact) mass is 305 g/mol. The van der Waals surface area contributed by atoms with Crippen LogP contribution in [0, 0.1) is 17.7 Å². The lowest BCUT2D eigenvalue weighted by Crippen LogP contribution is -2.30. The lowest BCUT2D eigenvalue weighted by Gasteiger charge is -2.20. The Morgan fingerprint density at radius 1 is 1.36 bits per heavy atom. The molecule has 1 fully saturated rings. The molecule has 3 rings (SSSR count). The van der Waals surface area contributed by atoms with E-state index in [-0.39, 0.29) is 29.3 Å². The number of halogens is 1. The topological polar surface area (TPSA) is 84.2 Å². The normalized spacial score (nSPS) is 23.8. The minimum atomic E-state index is -0.467. The molecular weight excluding hydrogens is 285 g/mol. The van der Waals surface area contributed by atoms with Gasteiger partial charge >= 0.3 is 0 Å². The first kappa shape index (κ1) is 15.0. The SMILES string of the molecule is NC[C@H]1CCC[C@H]1C(=O)Nc1cc2c(cc1F)CCC(=O)N2. The van der Waals surface area contributed by atoms with Crippen molar-refractivity contribution in [3.63, 3.8) is 0 Å². The Labute approximate surface area is 128 Å². The standard InChI is InChI=1S/C16H20FN3O2/c17-12-6-9-4-5-15(21)19-13(9)7-14(12)20-16(22)11-3-1-2-10(11)8-18/h6-7,10-11H,1-5,8,18H2,(H,19,21)(H,20,22)/t10-,11-/m1/s1. The van der Waals surface area contributed by atoms with Crippen molar-refractivity contribution in [1.82, 2.24) is 0 Å². The van der Waals surface area contributed by atoms with Crippen LogP contribution in [-0.4, -0.2) is 18.4 Å². The summed E-state index contributed by atoms with van der Waals surface area (Å²) in [6.45, 7) is 0.473. The van der Waals surface area contributed by atoms with Crippen LogP contribution in [0.2, 0.25) is 0 Å². The van der Waals surface area contributed by atoms with E-state index < -0.39 is 5.82 Å². The molecule has 6 heteroatoms. The van der Waals surface area contributed by atoms with Gasteiger partial charge in [-0.15, -0.1) is 0 Å². The summed E-state index contributed by atoms with van der Waals surface area (Å²) in [7, 11) is 0. The smallest absolute Gasteiger partial charge is 0.227 e. The van der Waals surface area contributed by atoms with E-state index >= 15 is 0 Å². The molecule has 4 N–H and O–H groups in total. The molecule has 2 amide bonds. The second kappa shape index (κ2) is 6.04. The summed E-state index contributed by atoms with van der Waals surface area (Å²) in [5.74, 6) is -0.731. The minimum Gasteiger partial charge on any atom is -0.330 e. The first-order valence-corrected chi connectivity index (χ1v) is 7.71. The van der Waals surface area contributed by atoms with Gasteiger partial charge in [0.05, 0.1) is 5.69 Å². The van der Waals surface area contributed by atoms with Crippen molar-refractivity contribution in [1.29, 1.82) is 0 Å². The number of nitrogens with two attached hydrogens (primary N) is 1. The molecule has 2 atom stereocenters. The molecule has 1 aliphatic carbocycles. The van der Waals surface area contributed by atoms with Gasteiger partial charge in [0.2, 0.25) is 11.8 Å². The zero-order valence-corrected chi connectivity index (χ0v) is 12.3. The number of hydrogen-bond acceptors (Lipinski definition) is 3. The van der Waals surface area contributed by atoms with Crippen molar-refractivity contribution in [3.8, 4) is 0 Å². The van der Waals surface area contributed by atoms with Crippen LogP contribution in [0.1, 0.15) is 31.2 Å². The van der Waals surface area contributed by atoms with Crippen LogP contribution < -0.4 is 16.4 Å². The highest BCUT2D eigenvalue weighted by atomic mass is 19.1. The highest BCUT2D eigenvalue weighted by Crippen LogP contribution is 2.33. The third-order valence-electron chi connectivity index (χ3n) is 4.64. The minimum absolute atomic E-state index is 0.0876. The molecule has 0 bridgehead atoms. The molecule has 1 aromatic carbocycles. The molecule has 118 valence electrons. The second-order valence-electron chi connectivity index (χ2n) is 6.06. The first-order chi connectivity index (χ1) is 10.6. The van der Waals surface area contributed by atoms with Crippen molar-refractivity contribution >= 4 is 23.2 Å². The van der Waals surface area contributed by atoms with Gasteiger partial charge < -0.3 is 16.4 Å². The van der Waals surface area contributed by atoms with Crippen LogP contribution in [0.3, 0.4) is 0 Å². The van der Waals surface area contributed by atoms with Gasteiger partial charge in [-0.3, -0.25) is 9.59 Å². The van der Waals surface area contributed by atoms with E-state index in [4.69, 9.17) is 5.73 Å². The van der Waals surface area contributed by atoms with E-state index in [1.54, 1.807) is 0 Å². The number of fused-ring (bicyclic) bond motifs is 1. The summed E-state index contributed by atoms with van der Waals surface area (Å²) in [6, 6.07) is 2.89. The number of amides is 2. The predicted molar refractivity (Wildman–Crippen MR) is 81.9 cm³/mol. The second-order valence-corrected chi connectivity index (χ2v) is 6.06. The molecule has 2 aliphatic rings. The molecule has 0 unspecified atom stereocenters. The lowest BCUT2D eigenvalue weighted by molar-refractivity contribution is -0.120. The van der Waals surface area contributed by atoms with Crippen LogP contribution in [0.5, 0.6) is 0 Å². The van der Waals surface area contributed by atoms with Crippen molar-refractivity contribution in [2.45, 2.75) is 32.1 Å². The van der Waals surface area contributed by atoms with Gasteiger partial charge in [0, 0.05) is 18.0 Å². The summed E-state index contributed by atoms with van der Waals surface area (Å²) in [6.07, 6.45) is 3.58. The Balaban J connectivity index is 1.79. The van der Waals surface area contributed by atoms with E-state index in [0.29, 0.717) is 25.1 Å². The maximum Gasteiger partial charge on any atom is 0.227 e. The number of carbonyl (C=O) groups excluding carboxylic acids is 2. The molecule has 1 aliphatic heterocycles. The van der Waals surface area contributed by atoms with Gasteiger partial charge in [-0.05, 0) is 49.4 Å². The molecule has 0 radical (unpaired) electrons. The average molecular weight is 305 g/mol. The molecule has 1 aromatic rings. The summed E-state index contributed by atoms with van der Waals surface area (Å²) in [5, 5.41) is 5.37. The molecule has 0 spiro atoms. The number of anilines is 2. The third kappa shape index (κ3) is 2.83. The number of carbonyl (C=O) groups is 2. The van der Waals surface area contributed by atoms with E-state index in [1.165, 1.54) is 12.1 Å². The Morgan fingerprint density at radius 2 is 2.18 bits per heavy atom. The van der Waals surface area contributed by atoms with E-state index in [1.807, 2.05) is 0 Å². The van der Waals surface area contributed by atoms with Gasteiger partial charge in [-0.25, -0.2) is 4.39 Å². The summed E-state index contributed by atoms with van der Waals surface area (Å²) in [5.41, 5.74) is 7.15. The van der Waals surface area contributed by atoms with Crippen LogP contribution in [-0.2, 0) is 16.0 Å². The Hall–Kier alpha value is -1.95. The zero-order valence-electron chi connectivity index (χ0n) is 12.3. The molecule has 0 aromatic heterocycles. The quantitative estimate of drug-likeness (QED) is 0.799. The van der Waals surface area contributed by atoms with Crippen molar-refractivity contribution in [2.75, 3.05) is 17.2 Å². The van der Waals surface area contributed by atoms with Crippen molar-refractivity contribution in [3.05, 3.63) is 23.5 Å². The maximum absolute atomic E-state index is 14.1. The van der Waals surface area contributed by atoms with Crippen molar-refractivity contribution < 1.29 is 14.0 Å². The number of nitrogens with one attached hydrogen (secondary N) is 2. The molecule has 5 nitrogen and oxygen atoms in total.